The molecule has 1 saturated carbocycles. The van der Waals surface area contributed by atoms with Gasteiger partial charge in [0.05, 0.1) is 6.54 Å². The summed E-state index contributed by atoms with van der Waals surface area (Å²) < 4.78 is 0. The number of anilines is 1. The van der Waals surface area contributed by atoms with E-state index in [1.54, 1.807) is 0 Å². The largest absolute Gasteiger partial charge is 0.367 e. The third-order valence-corrected chi connectivity index (χ3v) is 2.75. The van der Waals surface area contributed by atoms with Crippen LogP contribution in [0.1, 0.15) is 31.5 Å². The summed E-state index contributed by atoms with van der Waals surface area (Å²) in [5.41, 5.74) is 0. The van der Waals surface area contributed by atoms with Crippen LogP contribution in [-0.2, 0) is 6.54 Å². The van der Waals surface area contributed by atoms with Crippen molar-refractivity contribution in [2.45, 2.75) is 38.3 Å². The van der Waals surface area contributed by atoms with Crippen molar-refractivity contribution < 1.29 is 0 Å². The molecule has 1 aliphatic rings. The molecule has 15 heavy (non-hydrogen) atoms. The monoisotopic (exact) mass is 206 g/mol. The van der Waals surface area contributed by atoms with Gasteiger partial charge in [-0.15, -0.1) is 0 Å². The lowest BCUT2D eigenvalue weighted by atomic mass is 10.2. The molecule has 2 rings (SSSR count). The molecule has 1 aromatic rings. The van der Waals surface area contributed by atoms with E-state index in [2.05, 4.69) is 20.6 Å². The molecule has 0 saturated heterocycles. The average Bonchev–Trinajstić information content (AvgIpc) is 2.71. The van der Waals surface area contributed by atoms with E-state index in [1.807, 2.05) is 19.3 Å². The van der Waals surface area contributed by atoms with Gasteiger partial charge in [0.2, 0.25) is 0 Å². The van der Waals surface area contributed by atoms with Gasteiger partial charge in [-0.3, -0.25) is 0 Å². The first kappa shape index (κ1) is 10.4. The predicted molar refractivity (Wildman–Crippen MR) is 60.7 cm³/mol. The van der Waals surface area contributed by atoms with Crippen LogP contribution in [0.4, 0.5) is 5.82 Å². The van der Waals surface area contributed by atoms with Gasteiger partial charge in [0.1, 0.15) is 11.6 Å². The van der Waals surface area contributed by atoms with Crippen molar-refractivity contribution in [3.63, 3.8) is 0 Å². The Morgan fingerprint density at radius 2 is 2.20 bits per heavy atom. The first-order valence-electron chi connectivity index (χ1n) is 5.61. The molecule has 2 N–H and O–H groups in total. The van der Waals surface area contributed by atoms with E-state index < -0.39 is 0 Å². The second kappa shape index (κ2) is 5.07. The molecule has 0 bridgehead atoms. The van der Waals surface area contributed by atoms with Gasteiger partial charge in [-0.1, -0.05) is 12.8 Å². The maximum absolute atomic E-state index is 4.44. The number of rotatable bonds is 4. The number of nitrogens with zero attached hydrogens (tertiary/aromatic N) is 2. The highest BCUT2D eigenvalue weighted by atomic mass is 15.1. The van der Waals surface area contributed by atoms with Gasteiger partial charge in [0.25, 0.3) is 0 Å². The SMILES string of the molecule is CNCc1nccc(NC2CCCC2)n1. The average molecular weight is 206 g/mol. The molecule has 82 valence electrons. The second-order valence-electron chi connectivity index (χ2n) is 4.01. The maximum Gasteiger partial charge on any atom is 0.144 e. The van der Waals surface area contributed by atoms with Crippen molar-refractivity contribution in [2.75, 3.05) is 12.4 Å². The molecule has 0 aromatic carbocycles. The Balaban J connectivity index is 1.97. The number of aromatic nitrogens is 2. The van der Waals surface area contributed by atoms with Crippen molar-refractivity contribution in [1.82, 2.24) is 15.3 Å². The molecule has 0 radical (unpaired) electrons. The summed E-state index contributed by atoms with van der Waals surface area (Å²) in [6.07, 6.45) is 7.03. The van der Waals surface area contributed by atoms with E-state index in [-0.39, 0.29) is 0 Å². The Kier molecular flexibility index (Phi) is 3.50. The fraction of sp³-hybridized carbons (Fsp3) is 0.636. The Labute approximate surface area is 90.5 Å². The quantitative estimate of drug-likeness (QED) is 0.784. The van der Waals surface area contributed by atoms with Crippen molar-refractivity contribution in [3.05, 3.63) is 18.1 Å². The molecule has 0 aliphatic heterocycles. The zero-order valence-electron chi connectivity index (χ0n) is 9.16. The molecule has 1 fully saturated rings. The first-order chi connectivity index (χ1) is 7.38. The molecular weight excluding hydrogens is 188 g/mol. The van der Waals surface area contributed by atoms with E-state index in [4.69, 9.17) is 0 Å². The van der Waals surface area contributed by atoms with Crippen molar-refractivity contribution >= 4 is 5.82 Å². The Morgan fingerprint density at radius 1 is 1.40 bits per heavy atom. The third-order valence-electron chi connectivity index (χ3n) is 2.75. The minimum atomic E-state index is 0.613. The van der Waals surface area contributed by atoms with Crippen LogP contribution in [-0.4, -0.2) is 23.1 Å². The molecule has 0 spiro atoms. The van der Waals surface area contributed by atoms with Crippen LogP contribution in [0, 0.1) is 0 Å². The van der Waals surface area contributed by atoms with Crippen LogP contribution in [0.2, 0.25) is 0 Å². The van der Waals surface area contributed by atoms with E-state index >= 15 is 0 Å². The highest BCUT2D eigenvalue weighted by Gasteiger charge is 2.14. The number of hydrogen-bond donors (Lipinski definition) is 2. The van der Waals surface area contributed by atoms with Crippen LogP contribution < -0.4 is 10.6 Å². The van der Waals surface area contributed by atoms with E-state index in [0.29, 0.717) is 6.04 Å². The van der Waals surface area contributed by atoms with Gasteiger partial charge in [-0.25, -0.2) is 9.97 Å². The van der Waals surface area contributed by atoms with Crippen molar-refractivity contribution in [2.24, 2.45) is 0 Å². The lowest BCUT2D eigenvalue weighted by Crippen LogP contribution is -2.17. The summed E-state index contributed by atoms with van der Waals surface area (Å²) in [5, 5.41) is 6.51. The molecule has 4 heteroatoms. The predicted octanol–water partition coefficient (Wildman–Crippen LogP) is 1.55. The highest BCUT2D eigenvalue weighted by Crippen LogP contribution is 2.21. The van der Waals surface area contributed by atoms with Gasteiger partial charge in [-0.05, 0) is 26.0 Å². The molecule has 0 unspecified atom stereocenters. The third kappa shape index (κ3) is 2.89. The van der Waals surface area contributed by atoms with Crippen LogP contribution in [0.3, 0.4) is 0 Å². The molecule has 1 aromatic heterocycles. The zero-order chi connectivity index (χ0) is 10.5. The van der Waals surface area contributed by atoms with Crippen molar-refractivity contribution in [1.29, 1.82) is 0 Å². The Hall–Kier alpha value is -1.16. The molecule has 0 atom stereocenters. The number of hydrogen-bond acceptors (Lipinski definition) is 4. The molecule has 0 amide bonds. The fourth-order valence-electron chi connectivity index (χ4n) is 2.00. The topological polar surface area (TPSA) is 49.8 Å². The summed E-state index contributed by atoms with van der Waals surface area (Å²) in [7, 11) is 1.90. The number of nitrogens with one attached hydrogen (secondary N) is 2. The smallest absolute Gasteiger partial charge is 0.144 e. The molecule has 4 nitrogen and oxygen atoms in total. The molecule has 1 aliphatic carbocycles. The highest BCUT2D eigenvalue weighted by molar-refractivity contribution is 5.34. The summed E-state index contributed by atoms with van der Waals surface area (Å²) >= 11 is 0. The van der Waals surface area contributed by atoms with Gasteiger partial charge in [0.15, 0.2) is 0 Å². The summed E-state index contributed by atoms with van der Waals surface area (Å²) in [4.78, 5) is 8.63. The van der Waals surface area contributed by atoms with Crippen LogP contribution >= 0.6 is 0 Å². The van der Waals surface area contributed by atoms with Gasteiger partial charge in [-0.2, -0.15) is 0 Å². The van der Waals surface area contributed by atoms with Crippen LogP contribution in [0.15, 0.2) is 12.3 Å². The lowest BCUT2D eigenvalue weighted by molar-refractivity contribution is 0.732. The maximum atomic E-state index is 4.44. The minimum absolute atomic E-state index is 0.613. The summed E-state index contributed by atoms with van der Waals surface area (Å²) in [5.74, 6) is 1.81. The zero-order valence-corrected chi connectivity index (χ0v) is 9.16. The fourth-order valence-corrected chi connectivity index (χ4v) is 2.00. The molecular formula is C11H18N4. The normalized spacial score (nSPS) is 16.9. The standard InChI is InChI=1S/C11H18N4/c1-12-8-11-13-7-6-10(15-11)14-9-4-2-3-5-9/h6-7,9,12H,2-5,8H2,1H3,(H,13,14,15). The van der Waals surface area contributed by atoms with Crippen LogP contribution in [0.5, 0.6) is 0 Å². The first-order valence-corrected chi connectivity index (χ1v) is 5.61. The Morgan fingerprint density at radius 3 is 2.93 bits per heavy atom. The van der Waals surface area contributed by atoms with Crippen molar-refractivity contribution in [3.8, 4) is 0 Å². The van der Waals surface area contributed by atoms with E-state index in [1.165, 1.54) is 25.7 Å². The van der Waals surface area contributed by atoms with Crippen LogP contribution in [0.25, 0.3) is 0 Å². The van der Waals surface area contributed by atoms with Gasteiger partial charge >= 0.3 is 0 Å². The second-order valence-corrected chi connectivity index (χ2v) is 4.01. The Bertz CT molecular complexity index is 307. The minimum Gasteiger partial charge on any atom is -0.367 e. The van der Waals surface area contributed by atoms with E-state index in [9.17, 15) is 0 Å². The van der Waals surface area contributed by atoms with E-state index in [0.717, 1.165) is 18.2 Å². The van der Waals surface area contributed by atoms with Gasteiger partial charge < -0.3 is 10.6 Å². The lowest BCUT2D eigenvalue weighted by Gasteiger charge is -2.12. The summed E-state index contributed by atoms with van der Waals surface area (Å²) in [6, 6.07) is 2.56. The molecule has 1 heterocycles. The van der Waals surface area contributed by atoms with Gasteiger partial charge in [0, 0.05) is 12.2 Å². The summed E-state index contributed by atoms with van der Waals surface area (Å²) in [6.45, 7) is 0.722.